The van der Waals surface area contributed by atoms with Crippen molar-refractivity contribution in [2.24, 2.45) is 5.92 Å². The normalized spacial score (nSPS) is 14.4. The Morgan fingerprint density at radius 3 is 2.40 bits per heavy atom. The zero-order valence-corrected chi connectivity index (χ0v) is 23.9. The van der Waals surface area contributed by atoms with E-state index in [4.69, 9.17) is 4.74 Å². The standard InChI is InChI=1S/C30H36N4O5S/c1-18(2)15-25(27(35)31-13-12-19-17-32-24-11-10-20(39-3)16-23(19)24)33-28(36)26(40)9-6-14-34-29(37)21-7-4-5-8-22(21)30(34)38/h4-5,7-8,10-11,16-18,25-26,32,40H,6,9,12-15H2,1-3H3,(H,31,35)(H,33,36)/t25-,26?/m0/s1. The van der Waals surface area contributed by atoms with Crippen molar-refractivity contribution in [3.63, 3.8) is 0 Å². The highest BCUT2D eigenvalue weighted by molar-refractivity contribution is 7.81. The van der Waals surface area contributed by atoms with Crippen LogP contribution in [0.5, 0.6) is 5.75 Å². The average Bonchev–Trinajstić information content (AvgIpc) is 3.45. The van der Waals surface area contributed by atoms with E-state index < -0.39 is 11.3 Å². The summed E-state index contributed by atoms with van der Waals surface area (Å²) in [6.07, 6.45) is 3.80. The van der Waals surface area contributed by atoms with E-state index in [0.29, 0.717) is 43.4 Å². The fraction of sp³-hybridized carbons (Fsp3) is 0.400. The predicted octanol–water partition coefficient (Wildman–Crippen LogP) is 3.74. The van der Waals surface area contributed by atoms with Crippen LogP contribution in [0.3, 0.4) is 0 Å². The first kappa shape index (κ1) is 29.2. The molecule has 0 aliphatic carbocycles. The van der Waals surface area contributed by atoms with E-state index in [9.17, 15) is 19.2 Å². The first-order valence-corrected chi connectivity index (χ1v) is 14.1. The molecule has 9 nitrogen and oxygen atoms in total. The summed E-state index contributed by atoms with van der Waals surface area (Å²) < 4.78 is 5.32. The van der Waals surface area contributed by atoms with E-state index in [1.165, 1.54) is 4.90 Å². The molecule has 10 heteroatoms. The van der Waals surface area contributed by atoms with Crippen molar-refractivity contribution < 1.29 is 23.9 Å². The fourth-order valence-electron chi connectivity index (χ4n) is 4.92. The second-order valence-electron chi connectivity index (χ2n) is 10.4. The van der Waals surface area contributed by atoms with Crippen molar-refractivity contribution in [2.75, 3.05) is 20.2 Å². The van der Waals surface area contributed by atoms with Crippen LogP contribution in [0.4, 0.5) is 0 Å². The Morgan fingerprint density at radius 2 is 1.75 bits per heavy atom. The second kappa shape index (κ2) is 13.0. The van der Waals surface area contributed by atoms with Crippen molar-refractivity contribution in [1.82, 2.24) is 20.5 Å². The van der Waals surface area contributed by atoms with E-state index in [-0.39, 0.29) is 36.1 Å². The van der Waals surface area contributed by atoms with E-state index in [0.717, 1.165) is 22.2 Å². The van der Waals surface area contributed by atoms with Crippen molar-refractivity contribution in [3.8, 4) is 5.75 Å². The number of methoxy groups -OCH3 is 1. The number of aromatic nitrogens is 1. The number of carbonyl (C=O) groups excluding carboxylic acids is 4. The van der Waals surface area contributed by atoms with Crippen LogP contribution < -0.4 is 15.4 Å². The van der Waals surface area contributed by atoms with Gasteiger partial charge in [-0.05, 0) is 67.5 Å². The number of imide groups is 1. The molecular weight excluding hydrogens is 528 g/mol. The highest BCUT2D eigenvalue weighted by atomic mass is 32.1. The Balaban J connectivity index is 1.26. The first-order valence-electron chi connectivity index (χ1n) is 13.5. The lowest BCUT2D eigenvalue weighted by molar-refractivity contribution is -0.129. The zero-order valence-electron chi connectivity index (χ0n) is 23.0. The molecule has 1 aliphatic rings. The predicted molar refractivity (Wildman–Crippen MR) is 157 cm³/mol. The summed E-state index contributed by atoms with van der Waals surface area (Å²) in [6.45, 7) is 4.60. The molecule has 0 saturated heterocycles. The number of nitrogens with zero attached hydrogens (tertiary/aromatic N) is 1. The third-order valence-corrected chi connectivity index (χ3v) is 7.54. The number of hydrogen-bond donors (Lipinski definition) is 4. The molecule has 212 valence electrons. The summed E-state index contributed by atoms with van der Waals surface area (Å²) >= 11 is 4.45. The van der Waals surface area contributed by atoms with Gasteiger partial charge in [0.25, 0.3) is 11.8 Å². The summed E-state index contributed by atoms with van der Waals surface area (Å²) in [6, 6.07) is 11.9. The van der Waals surface area contributed by atoms with Gasteiger partial charge in [-0.3, -0.25) is 24.1 Å². The molecule has 0 radical (unpaired) electrons. The quantitative estimate of drug-likeness (QED) is 0.186. The first-order chi connectivity index (χ1) is 19.2. The van der Waals surface area contributed by atoms with Crippen LogP contribution in [0.15, 0.2) is 48.7 Å². The number of hydrogen-bond acceptors (Lipinski definition) is 6. The largest absolute Gasteiger partial charge is 0.497 e. The molecule has 1 aromatic heterocycles. The number of rotatable bonds is 13. The third-order valence-electron chi connectivity index (χ3n) is 7.05. The Labute approximate surface area is 239 Å². The molecule has 3 N–H and O–H groups in total. The monoisotopic (exact) mass is 564 g/mol. The van der Waals surface area contributed by atoms with E-state index in [1.807, 2.05) is 38.2 Å². The number of amides is 4. The van der Waals surface area contributed by atoms with Gasteiger partial charge in [-0.25, -0.2) is 0 Å². The Hall–Kier alpha value is -3.79. The fourth-order valence-corrected chi connectivity index (χ4v) is 5.18. The van der Waals surface area contributed by atoms with E-state index >= 15 is 0 Å². The molecule has 3 aromatic rings. The molecule has 1 aliphatic heterocycles. The van der Waals surface area contributed by atoms with Gasteiger partial charge in [0.15, 0.2) is 0 Å². The van der Waals surface area contributed by atoms with Crippen molar-refractivity contribution in [3.05, 3.63) is 65.4 Å². The van der Waals surface area contributed by atoms with Crippen molar-refractivity contribution in [1.29, 1.82) is 0 Å². The second-order valence-corrected chi connectivity index (χ2v) is 11.0. The van der Waals surface area contributed by atoms with Gasteiger partial charge in [0.1, 0.15) is 11.8 Å². The molecule has 0 spiro atoms. The molecule has 2 heterocycles. The number of fused-ring (bicyclic) bond motifs is 2. The number of aromatic amines is 1. The van der Waals surface area contributed by atoms with Gasteiger partial charge >= 0.3 is 0 Å². The highest BCUT2D eigenvalue weighted by Gasteiger charge is 2.34. The van der Waals surface area contributed by atoms with E-state index in [2.05, 4.69) is 28.2 Å². The third kappa shape index (κ3) is 6.67. The van der Waals surface area contributed by atoms with Gasteiger partial charge in [0.05, 0.1) is 23.5 Å². The highest BCUT2D eigenvalue weighted by Crippen LogP contribution is 2.24. The number of nitrogens with one attached hydrogen (secondary N) is 3. The molecule has 2 aromatic carbocycles. The van der Waals surface area contributed by atoms with Gasteiger partial charge in [0, 0.05) is 30.2 Å². The van der Waals surface area contributed by atoms with Gasteiger partial charge in [0.2, 0.25) is 11.8 Å². The minimum absolute atomic E-state index is 0.185. The molecule has 0 bridgehead atoms. The molecule has 1 unspecified atom stereocenters. The van der Waals surface area contributed by atoms with Crippen LogP contribution in [-0.2, 0) is 16.0 Å². The van der Waals surface area contributed by atoms with Crippen LogP contribution >= 0.6 is 12.6 Å². The van der Waals surface area contributed by atoms with E-state index in [1.54, 1.807) is 31.4 Å². The Bertz CT molecular complexity index is 1370. The molecular formula is C30H36N4O5S. The molecule has 2 atom stereocenters. The number of ether oxygens (including phenoxy) is 1. The van der Waals surface area contributed by atoms with Crippen molar-refractivity contribution >= 4 is 47.2 Å². The number of benzene rings is 2. The Kier molecular flexibility index (Phi) is 9.52. The van der Waals surface area contributed by atoms with Crippen molar-refractivity contribution in [2.45, 2.75) is 50.8 Å². The molecule has 4 rings (SSSR count). The molecule has 0 saturated carbocycles. The maximum Gasteiger partial charge on any atom is 0.261 e. The number of H-pyrrole nitrogens is 1. The van der Waals surface area contributed by atoms with Crippen LogP contribution in [0.1, 0.15) is 59.4 Å². The van der Waals surface area contributed by atoms with Crippen LogP contribution in [0, 0.1) is 5.92 Å². The minimum Gasteiger partial charge on any atom is -0.497 e. The summed E-state index contributed by atoms with van der Waals surface area (Å²) in [5.74, 6) is -0.282. The summed E-state index contributed by atoms with van der Waals surface area (Å²) in [4.78, 5) is 55.5. The lowest BCUT2D eigenvalue weighted by Gasteiger charge is -2.22. The van der Waals surface area contributed by atoms with Crippen LogP contribution in [0.25, 0.3) is 10.9 Å². The lowest BCUT2D eigenvalue weighted by Crippen LogP contribution is -2.49. The zero-order chi connectivity index (χ0) is 28.8. The summed E-state index contributed by atoms with van der Waals surface area (Å²) in [5, 5.41) is 6.17. The lowest BCUT2D eigenvalue weighted by atomic mass is 10.0. The smallest absolute Gasteiger partial charge is 0.261 e. The average molecular weight is 565 g/mol. The van der Waals surface area contributed by atoms with Gasteiger partial charge in [-0.2, -0.15) is 12.6 Å². The maximum atomic E-state index is 13.0. The summed E-state index contributed by atoms with van der Waals surface area (Å²) in [7, 11) is 1.63. The molecule has 0 fully saturated rings. The maximum absolute atomic E-state index is 13.0. The number of thiol groups is 1. The summed E-state index contributed by atoms with van der Waals surface area (Å²) in [5.41, 5.74) is 2.86. The number of carbonyl (C=O) groups is 4. The topological polar surface area (TPSA) is 121 Å². The minimum atomic E-state index is -0.693. The SMILES string of the molecule is COc1ccc2[nH]cc(CCNC(=O)[C@H](CC(C)C)NC(=O)C(S)CCCN3C(=O)c4ccccc4C3=O)c2c1. The van der Waals surface area contributed by atoms with Gasteiger partial charge < -0.3 is 20.4 Å². The van der Waals surface area contributed by atoms with Crippen LogP contribution in [-0.4, -0.2) is 65.0 Å². The van der Waals surface area contributed by atoms with Gasteiger partial charge in [-0.1, -0.05) is 26.0 Å². The molecule has 4 amide bonds. The van der Waals surface area contributed by atoms with Gasteiger partial charge in [-0.15, -0.1) is 0 Å². The molecule has 40 heavy (non-hydrogen) atoms. The van der Waals surface area contributed by atoms with Crippen LogP contribution in [0.2, 0.25) is 0 Å². The Morgan fingerprint density at radius 1 is 1.05 bits per heavy atom.